The molecule has 2 aromatic heterocycles. The number of ether oxygens (including phenoxy) is 1. The Morgan fingerprint density at radius 2 is 2.11 bits per heavy atom. The van der Waals surface area contributed by atoms with Gasteiger partial charge in [0.1, 0.15) is 5.82 Å². The first-order valence-electron chi connectivity index (χ1n) is 8.66. The molecule has 0 atom stereocenters. The SMILES string of the molecule is COCCCNC(=O)CSc1nnc2c(=O)n(Cc3ccccc3F)ccn12. The van der Waals surface area contributed by atoms with Crippen molar-refractivity contribution >= 4 is 23.3 Å². The number of benzene rings is 1. The van der Waals surface area contributed by atoms with Gasteiger partial charge in [0.2, 0.25) is 11.6 Å². The Morgan fingerprint density at radius 1 is 1.29 bits per heavy atom. The lowest BCUT2D eigenvalue weighted by atomic mass is 10.2. The molecule has 0 unspecified atom stereocenters. The Bertz CT molecular complexity index is 1020. The molecular formula is C18H20FN5O3S. The summed E-state index contributed by atoms with van der Waals surface area (Å²) in [6, 6.07) is 6.29. The van der Waals surface area contributed by atoms with Crippen LogP contribution in [0.2, 0.25) is 0 Å². The zero-order valence-electron chi connectivity index (χ0n) is 15.3. The van der Waals surface area contributed by atoms with Gasteiger partial charge in [0.05, 0.1) is 12.3 Å². The number of thioether (sulfide) groups is 1. The number of rotatable bonds is 9. The van der Waals surface area contributed by atoms with Crippen LogP contribution >= 0.6 is 11.8 Å². The van der Waals surface area contributed by atoms with Gasteiger partial charge in [-0.1, -0.05) is 30.0 Å². The van der Waals surface area contributed by atoms with Gasteiger partial charge in [0.15, 0.2) is 5.16 Å². The smallest absolute Gasteiger partial charge is 0.296 e. The third-order valence-electron chi connectivity index (χ3n) is 3.99. The number of amides is 1. The fourth-order valence-electron chi connectivity index (χ4n) is 2.56. The third-order valence-corrected chi connectivity index (χ3v) is 4.93. The molecule has 10 heteroatoms. The normalized spacial score (nSPS) is 11.1. The van der Waals surface area contributed by atoms with E-state index in [1.807, 2.05) is 0 Å². The lowest BCUT2D eigenvalue weighted by Gasteiger charge is -2.07. The number of halogens is 1. The van der Waals surface area contributed by atoms with Crippen molar-refractivity contribution in [1.82, 2.24) is 24.5 Å². The van der Waals surface area contributed by atoms with E-state index in [0.29, 0.717) is 23.9 Å². The molecular weight excluding hydrogens is 385 g/mol. The summed E-state index contributed by atoms with van der Waals surface area (Å²) in [4.78, 5) is 24.5. The highest BCUT2D eigenvalue weighted by Crippen LogP contribution is 2.15. The van der Waals surface area contributed by atoms with E-state index in [9.17, 15) is 14.0 Å². The number of hydrogen-bond donors (Lipinski definition) is 1. The number of aromatic nitrogens is 4. The van der Waals surface area contributed by atoms with Crippen molar-refractivity contribution < 1.29 is 13.9 Å². The maximum absolute atomic E-state index is 13.8. The summed E-state index contributed by atoms with van der Waals surface area (Å²) >= 11 is 1.19. The van der Waals surface area contributed by atoms with Crippen LogP contribution in [0.3, 0.4) is 0 Å². The van der Waals surface area contributed by atoms with Crippen molar-refractivity contribution in [2.45, 2.75) is 18.1 Å². The highest BCUT2D eigenvalue weighted by Gasteiger charge is 2.13. The number of carbonyl (C=O) groups excluding carboxylic acids is 1. The van der Waals surface area contributed by atoms with E-state index in [-0.39, 0.29) is 35.2 Å². The first kappa shape index (κ1) is 20.0. The van der Waals surface area contributed by atoms with E-state index in [1.54, 1.807) is 37.7 Å². The van der Waals surface area contributed by atoms with Crippen LogP contribution in [0.25, 0.3) is 5.65 Å². The minimum atomic E-state index is -0.380. The van der Waals surface area contributed by atoms with Crippen molar-refractivity contribution in [3.8, 4) is 0 Å². The topological polar surface area (TPSA) is 90.5 Å². The highest BCUT2D eigenvalue weighted by atomic mass is 32.2. The number of fused-ring (bicyclic) bond motifs is 1. The number of carbonyl (C=O) groups is 1. The van der Waals surface area contributed by atoms with Crippen LogP contribution in [0.15, 0.2) is 46.6 Å². The molecule has 1 N–H and O–H groups in total. The van der Waals surface area contributed by atoms with E-state index in [2.05, 4.69) is 15.5 Å². The van der Waals surface area contributed by atoms with Gasteiger partial charge in [-0.2, -0.15) is 0 Å². The van der Waals surface area contributed by atoms with Crippen molar-refractivity contribution in [3.05, 3.63) is 58.4 Å². The van der Waals surface area contributed by atoms with Gasteiger partial charge < -0.3 is 14.6 Å². The second-order valence-electron chi connectivity index (χ2n) is 5.98. The number of methoxy groups -OCH3 is 1. The van der Waals surface area contributed by atoms with E-state index in [0.717, 1.165) is 6.42 Å². The lowest BCUT2D eigenvalue weighted by Crippen LogP contribution is -2.27. The van der Waals surface area contributed by atoms with E-state index in [4.69, 9.17) is 4.74 Å². The summed E-state index contributed by atoms with van der Waals surface area (Å²) in [6.45, 7) is 1.22. The van der Waals surface area contributed by atoms with Gasteiger partial charge in [-0.3, -0.25) is 14.0 Å². The molecule has 0 saturated heterocycles. The quantitative estimate of drug-likeness (QED) is 0.427. The molecule has 0 aliphatic rings. The summed E-state index contributed by atoms with van der Waals surface area (Å²) in [5, 5.41) is 11.1. The van der Waals surface area contributed by atoms with Crippen molar-refractivity contribution in [2.75, 3.05) is 26.0 Å². The molecule has 0 aliphatic heterocycles. The first-order chi connectivity index (χ1) is 13.6. The Labute approximate surface area is 164 Å². The lowest BCUT2D eigenvalue weighted by molar-refractivity contribution is -0.118. The summed E-state index contributed by atoms with van der Waals surface area (Å²) in [5.74, 6) is -0.347. The van der Waals surface area contributed by atoms with E-state index in [1.165, 1.54) is 26.8 Å². The van der Waals surface area contributed by atoms with Crippen LogP contribution in [0.4, 0.5) is 4.39 Å². The summed E-state index contributed by atoms with van der Waals surface area (Å²) in [5.41, 5.74) is 0.157. The molecule has 8 nitrogen and oxygen atoms in total. The standard InChI is InChI=1S/C18H20FN5O3S/c1-27-10-4-7-20-15(25)12-28-18-22-21-16-17(26)23(8-9-24(16)18)11-13-5-2-3-6-14(13)19/h2-3,5-6,8-9H,4,7,10-12H2,1H3,(H,20,25). The van der Waals surface area contributed by atoms with E-state index < -0.39 is 0 Å². The predicted octanol–water partition coefficient (Wildman–Crippen LogP) is 1.32. The Balaban J connectivity index is 1.68. The van der Waals surface area contributed by atoms with Crippen molar-refractivity contribution in [1.29, 1.82) is 0 Å². The Kier molecular flexibility index (Phi) is 6.77. The zero-order valence-corrected chi connectivity index (χ0v) is 16.1. The predicted molar refractivity (Wildman–Crippen MR) is 103 cm³/mol. The maximum atomic E-state index is 13.8. The fourth-order valence-corrected chi connectivity index (χ4v) is 3.31. The van der Waals surface area contributed by atoms with Crippen LogP contribution in [-0.2, 0) is 16.1 Å². The Morgan fingerprint density at radius 3 is 2.89 bits per heavy atom. The van der Waals surface area contributed by atoms with Gasteiger partial charge in [-0.15, -0.1) is 10.2 Å². The molecule has 0 saturated carbocycles. The molecule has 3 aromatic rings. The summed E-state index contributed by atoms with van der Waals surface area (Å²) < 4.78 is 21.7. The largest absolute Gasteiger partial charge is 0.385 e. The monoisotopic (exact) mass is 405 g/mol. The van der Waals surface area contributed by atoms with Crippen LogP contribution in [0.5, 0.6) is 0 Å². The minimum absolute atomic E-state index is 0.0984. The van der Waals surface area contributed by atoms with Crippen LogP contribution < -0.4 is 10.9 Å². The molecule has 1 aromatic carbocycles. The number of hydrogen-bond acceptors (Lipinski definition) is 6. The van der Waals surface area contributed by atoms with Crippen LogP contribution in [0.1, 0.15) is 12.0 Å². The Hall–Kier alpha value is -2.72. The zero-order chi connectivity index (χ0) is 19.9. The molecule has 0 fully saturated rings. The second kappa shape index (κ2) is 9.47. The molecule has 0 aliphatic carbocycles. The van der Waals surface area contributed by atoms with Crippen molar-refractivity contribution in [3.63, 3.8) is 0 Å². The van der Waals surface area contributed by atoms with Gasteiger partial charge in [-0.05, 0) is 12.5 Å². The fraction of sp³-hybridized carbons (Fsp3) is 0.333. The van der Waals surface area contributed by atoms with Gasteiger partial charge in [-0.25, -0.2) is 4.39 Å². The maximum Gasteiger partial charge on any atom is 0.296 e. The third kappa shape index (κ3) is 4.76. The molecule has 1 amide bonds. The molecule has 0 spiro atoms. The van der Waals surface area contributed by atoms with Gasteiger partial charge in [0.25, 0.3) is 5.56 Å². The molecule has 0 radical (unpaired) electrons. The molecule has 3 rings (SSSR count). The van der Waals surface area contributed by atoms with E-state index >= 15 is 0 Å². The van der Waals surface area contributed by atoms with Gasteiger partial charge in [0, 0.05) is 38.2 Å². The number of nitrogens with zero attached hydrogens (tertiary/aromatic N) is 4. The van der Waals surface area contributed by atoms with Crippen molar-refractivity contribution in [2.24, 2.45) is 0 Å². The average molecular weight is 405 g/mol. The molecule has 148 valence electrons. The number of nitrogens with one attached hydrogen (secondary N) is 1. The molecule has 2 heterocycles. The summed E-state index contributed by atoms with van der Waals surface area (Å²) in [6.07, 6.45) is 3.93. The summed E-state index contributed by atoms with van der Waals surface area (Å²) in [7, 11) is 1.61. The van der Waals surface area contributed by atoms with Crippen LogP contribution in [0, 0.1) is 5.82 Å². The van der Waals surface area contributed by atoms with Crippen LogP contribution in [-0.4, -0.2) is 51.1 Å². The second-order valence-corrected chi connectivity index (χ2v) is 6.93. The first-order valence-corrected chi connectivity index (χ1v) is 9.64. The average Bonchev–Trinajstić information content (AvgIpc) is 3.11. The van der Waals surface area contributed by atoms with Gasteiger partial charge >= 0.3 is 0 Å². The molecule has 28 heavy (non-hydrogen) atoms. The molecule has 0 bridgehead atoms. The highest BCUT2D eigenvalue weighted by molar-refractivity contribution is 7.99. The minimum Gasteiger partial charge on any atom is -0.385 e.